The first-order valence-electron chi connectivity index (χ1n) is 7.24. The van der Waals surface area contributed by atoms with Crippen LogP contribution < -0.4 is 0 Å². The lowest BCUT2D eigenvalue weighted by Gasteiger charge is -2.11. The van der Waals surface area contributed by atoms with Gasteiger partial charge in [-0.3, -0.25) is 0 Å². The van der Waals surface area contributed by atoms with E-state index in [1.165, 1.54) is 25.3 Å². The third kappa shape index (κ3) is 11.4. The Bertz CT molecular complexity index is 254. The Morgan fingerprint density at radius 2 is 1.89 bits per heavy atom. The lowest BCUT2D eigenvalue weighted by Crippen LogP contribution is -2.12. The fraction of sp³-hybridized carbons (Fsp3) is 0.688. The highest BCUT2D eigenvalue weighted by atomic mass is 16.5. The van der Waals surface area contributed by atoms with E-state index < -0.39 is 0 Å². The second kappa shape index (κ2) is 12.4. The third-order valence-electron chi connectivity index (χ3n) is 2.72. The Hall–Kier alpha value is -1.05. The molecule has 0 unspecified atom stereocenters. The zero-order valence-electron chi connectivity index (χ0n) is 12.2. The molecule has 0 spiro atoms. The quantitative estimate of drug-likeness (QED) is 0.241. The first-order valence-corrected chi connectivity index (χ1v) is 7.24. The van der Waals surface area contributed by atoms with Crippen molar-refractivity contribution < 1.29 is 9.53 Å². The zero-order valence-corrected chi connectivity index (χ0v) is 12.2. The Balaban J connectivity index is 3.66. The van der Waals surface area contributed by atoms with E-state index >= 15 is 0 Å². The largest absolute Gasteiger partial charge is 0.460 e. The van der Waals surface area contributed by atoms with E-state index in [0.29, 0.717) is 0 Å². The molecule has 0 aliphatic rings. The molecule has 0 aromatic rings. The molecule has 0 rings (SSSR count). The highest BCUT2D eigenvalue weighted by Gasteiger charge is 2.05. The first-order chi connectivity index (χ1) is 8.70. The summed E-state index contributed by atoms with van der Waals surface area (Å²) in [6.45, 7) is 6.29. The van der Waals surface area contributed by atoms with Gasteiger partial charge in [0.2, 0.25) is 0 Å². The molecule has 0 saturated carbocycles. The van der Waals surface area contributed by atoms with Crippen LogP contribution in [0.4, 0.5) is 0 Å². The molecule has 0 radical (unpaired) electrons. The number of rotatable bonds is 10. The summed E-state index contributed by atoms with van der Waals surface area (Å²) in [6, 6.07) is 0. The Morgan fingerprint density at radius 1 is 1.11 bits per heavy atom. The SMILES string of the molecule is CCC/C=C/C=C/C(=O)O[C@@H](C)CCCCCC. The van der Waals surface area contributed by atoms with E-state index in [-0.39, 0.29) is 12.1 Å². The Morgan fingerprint density at radius 3 is 2.56 bits per heavy atom. The van der Waals surface area contributed by atoms with Gasteiger partial charge in [-0.1, -0.05) is 57.8 Å². The van der Waals surface area contributed by atoms with Crippen LogP contribution in [-0.4, -0.2) is 12.1 Å². The van der Waals surface area contributed by atoms with Crippen LogP contribution in [0, 0.1) is 0 Å². The van der Waals surface area contributed by atoms with Crippen molar-refractivity contribution in [2.45, 2.75) is 71.8 Å². The molecule has 0 N–H and O–H groups in total. The van der Waals surface area contributed by atoms with Gasteiger partial charge in [-0.05, 0) is 26.2 Å². The van der Waals surface area contributed by atoms with Crippen molar-refractivity contribution in [2.24, 2.45) is 0 Å². The van der Waals surface area contributed by atoms with Gasteiger partial charge in [-0.2, -0.15) is 0 Å². The van der Waals surface area contributed by atoms with Crippen molar-refractivity contribution in [3.63, 3.8) is 0 Å². The molecule has 0 fully saturated rings. The summed E-state index contributed by atoms with van der Waals surface area (Å²) in [5, 5.41) is 0. The number of hydrogen-bond donors (Lipinski definition) is 0. The number of esters is 1. The molecule has 2 heteroatoms. The van der Waals surface area contributed by atoms with Crippen molar-refractivity contribution in [3.8, 4) is 0 Å². The summed E-state index contributed by atoms with van der Waals surface area (Å²) in [5.41, 5.74) is 0. The minimum atomic E-state index is -0.237. The predicted molar refractivity (Wildman–Crippen MR) is 77.5 cm³/mol. The van der Waals surface area contributed by atoms with Crippen LogP contribution in [-0.2, 0) is 9.53 Å². The number of hydrogen-bond acceptors (Lipinski definition) is 2. The van der Waals surface area contributed by atoms with Crippen LogP contribution in [0.2, 0.25) is 0 Å². The van der Waals surface area contributed by atoms with Gasteiger partial charge >= 0.3 is 5.97 Å². The summed E-state index contributed by atoms with van der Waals surface area (Å²) < 4.78 is 5.28. The van der Waals surface area contributed by atoms with Gasteiger partial charge in [0.05, 0.1) is 6.10 Å². The van der Waals surface area contributed by atoms with Crippen molar-refractivity contribution in [1.82, 2.24) is 0 Å². The van der Waals surface area contributed by atoms with Crippen LogP contribution in [0.3, 0.4) is 0 Å². The minimum absolute atomic E-state index is 0.0265. The van der Waals surface area contributed by atoms with Crippen LogP contribution in [0.1, 0.15) is 65.7 Å². The maximum atomic E-state index is 11.4. The molecule has 0 aromatic heterocycles. The van der Waals surface area contributed by atoms with E-state index in [4.69, 9.17) is 4.74 Å². The van der Waals surface area contributed by atoms with Crippen LogP contribution in [0.25, 0.3) is 0 Å². The normalized spacial score (nSPS) is 13.3. The van der Waals surface area contributed by atoms with Gasteiger partial charge in [-0.25, -0.2) is 4.79 Å². The topological polar surface area (TPSA) is 26.3 Å². The van der Waals surface area contributed by atoms with Crippen LogP contribution in [0.5, 0.6) is 0 Å². The number of unbranched alkanes of at least 4 members (excludes halogenated alkanes) is 4. The summed E-state index contributed by atoms with van der Waals surface area (Å²) in [4.78, 5) is 11.4. The molecule has 0 aromatic carbocycles. The molecule has 2 nitrogen and oxygen atoms in total. The second-order valence-corrected chi connectivity index (χ2v) is 4.67. The van der Waals surface area contributed by atoms with Gasteiger partial charge in [0.1, 0.15) is 0 Å². The second-order valence-electron chi connectivity index (χ2n) is 4.67. The zero-order chi connectivity index (χ0) is 13.6. The fourth-order valence-electron chi connectivity index (χ4n) is 1.63. The number of carbonyl (C=O) groups is 1. The summed E-state index contributed by atoms with van der Waals surface area (Å²) in [5.74, 6) is -0.237. The first kappa shape index (κ1) is 16.9. The minimum Gasteiger partial charge on any atom is -0.460 e. The average molecular weight is 252 g/mol. The van der Waals surface area contributed by atoms with Crippen LogP contribution >= 0.6 is 0 Å². The lowest BCUT2D eigenvalue weighted by molar-refractivity contribution is -0.142. The highest BCUT2D eigenvalue weighted by molar-refractivity contribution is 5.82. The maximum Gasteiger partial charge on any atom is 0.331 e. The van der Waals surface area contributed by atoms with Gasteiger partial charge < -0.3 is 4.74 Å². The van der Waals surface area contributed by atoms with Crippen molar-refractivity contribution >= 4 is 5.97 Å². The summed E-state index contributed by atoms with van der Waals surface area (Å²) >= 11 is 0. The molecule has 0 aliphatic carbocycles. The van der Waals surface area contributed by atoms with E-state index in [0.717, 1.165) is 25.7 Å². The van der Waals surface area contributed by atoms with Gasteiger partial charge in [0.15, 0.2) is 0 Å². The molecular weight excluding hydrogens is 224 g/mol. The molecule has 0 heterocycles. The van der Waals surface area contributed by atoms with Crippen LogP contribution in [0.15, 0.2) is 24.3 Å². The van der Waals surface area contributed by atoms with E-state index in [2.05, 4.69) is 19.9 Å². The monoisotopic (exact) mass is 252 g/mol. The van der Waals surface area contributed by atoms with Crippen molar-refractivity contribution in [1.29, 1.82) is 0 Å². The predicted octanol–water partition coefficient (Wildman–Crippen LogP) is 4.80. The van der Waals surface area contributed by atoms with E-state index in [1.54, 1.807) is 6.08 Å². The molecule has 18 heavy (non-hydrogen) atoms. The molecule has 0 bridgehead atoms. The van der Waals surface area contributed by atoms with Crippen molar-refractivity contribution in [2.75, 3.05) is 0 Å². The molecule has 0 amide bonds. The third-order valence-corrected chi connectivity index (χ3v) is 2.72. The molecule has 1 atom stereocenters. The number of ether oxygens (including phenoxy) is 1. The number of carbonyl (C=O) groups excluding carboxylic acids is 1. The van der Waals surface area contributed by atoms with Crippen molar-refractivity contribution in [3.05, 3.63) is 24.3 Å². The fourth-order valence-corrected chi connectivity index (χ4v) is 1.63. The van der Waals surface area contributed by atoms with Gasteiger partial charge in [0.25, 0.3) is 0 Å². The summed E-state index contributed by atoms with van der Waals surface area (Å²) in [6.07, 6.45) is 15.2. The van der Waals surface area contributed by atoms with Gasteiger partial charge in [-0.15, -0.1) is 0 Å². The number of allylic oxidation sites excluding steroid dienone is 3. The smallest absolute Gasteiger partial charge is 0.331 e. The Labute approximate surface area is 112 Å². The average Bonchev–Trinajstić information content (AvgIpc) is 2.34. The molecule has 0 saturated heterocycles. The molecule has 0 aliphatic heterocycles. The lowest BCUT2D eigenvalue weighted by atomic mass is 10.1. The van der Waals surface area contributed by atoms with Gasteiger partial charge in [0, 0.05) is 6.08 Å². The summed E-state index contributed by atoms with van der Waals surface area (Å²) in [7, 11) is 0. The van der Waals surface area contributed by atoms with E-state index in [1.807, 2.05) is 13.0 Å². The molecule has 104 valence electrons. The highest BCUT2D eigenvalue weighted by Crippen LogP contribution is 2.08. The van der Waals surface area contributed by atoms with E-state index in [9.17, 15) is 4.79 Å². The Kier molecular flexibility index (Phi) is 11.7. The molecular formula is C16H28O2. The maximum absolute atomic E-state index is 11.4. The standard InChI is InChI=1S/C16H28O2/c1-4-6-8-10-12-14-16(17)18-15(3)13-11-9-7-5-2/h8,10,12,14-15H,4-7,9,11,13H2,1-3H3/b10-8+,14-12+/t15-/m0/s1.